The summed E-state index contributed by atoms with van der Waals surface area (Å²) in [6.07, 6.45) is 5.09. The molecule has 0 fully saturated rings. The summed E-state index contributed by atoms with van der Waals surface area (Å²) in [5, 5.41) is 2.67. The van der Waals surface area contributed by atoms with Gasteiger partial charge in [-0.1, -0.05) is 5.92 Å². The molecule has 0 bridgehead atoms. The van der Waals surface area contributed by atoms with Crippen LogP contribution in [0, 0.1) is 18.2 Å². The number of benzene rings is 2. The molecule has 1 amide bonds. The first-order valence-corrected chi connectivity index (χ1v) is 5.92. The maximum absolute atomic E-state index is 12.8. The number of amides is 1. The number of terminal acetylenes is 1. The van der Waals surface area contributed by atoms with Gasteiger partial charge in [0.2, 0.25) is 0 Å². The van der Waals surface area contributed by atoms with Crippen LogP contribution in [0.5, 0.6) is 5.75 Å². The number of rotatable bonds is 4. The first-order valence-electron chi connectivity index (χ1n) is 5.92. The van der Waals surface area contributed by atoms with Gasteiger partial charge in [0.15, 0.2) is 0 Å². The highest BCUT2D eigenvalue weighted by Crippen LogP contribution is 2.14. The summed E-state index contributed by atoms with van der Waals surface area (Å²) < 4.78 is 18.0. The highest BCUT2D eigenvalue weighted by atomic mass is 19.1. The zero-order chi connectivity index (χ0) is 14.4. The van der Waals surface area contributed by atoms with Crippen LogP contribution in [0.3, 0.4) is 0 Å². The fourth-order valence-electron chi connectivity index (χ4n) is 1.56. The molecule has 20 heavy (non-hydrogen) atoms. The van der Waals surface area contributed by atoms with Gasteiger partial charge in [-0.05, 0) is 48.5 Å². The second kappa shape index (κ2) is 6.39. The van der Waals surface area contributed by atoms with E-state index < -0.39 is 0 Å². The number of nitrogens with one attached hydrogen (secondary N) is 1. The first kappa shape index (κ1) is 13.6. The Kier molecular flexibility index (Phi) is 4.35. The van der Waals surface area contributed by atoms with Gasteiger partial charge in [-0.2, -0.15) is 0 Å². The van der Waals surface area contributed by atoms with Gasteiger partial charge in [0.25, 0.3) is 5.91 Å². The third-order valence-electron chi connectivity index (χ3n) is 2.54. The van der Waals surface area contributed by atoms with Crippen LogP contribution in [0.4, 0.5) is 10.1 Å². The maximum atomic E-state index is 12.8. The molecule has 0 aliphatic carbocycles. The number of carbonyl (C=O) groups is 1. The first-order chi connectivity index (χ1) is 9.69. The van der Waals surface area contributed by atoms with E-state index in [-0.39, 0.29) is 18.3 Å². The van der Waals surface area contributed by atoms with E-state index in [1.54, 1.807) is 24.3 Å². The molecule has 0 saturated carbocycles. The molecule has 0 radical (unpaired) electrons. The van der Waals surface area contributed by atoms with E-state index >= 15 is 0 Å². The average molecular weight is 269 g/mol. The molecule has 0 aromatic heterocycles. The van der Waals surface area contributed by atoms with Crippen molar-refractivity contribution in [2.45, 2.75) is 0 Å². The van der Waals surface area contributed by atoms with Crippen LogP contribution in [0.25, 0.3) is 0 Å². The third-order valence-corrected chi connectivity index (χ3v) is 2.54. The van der Waals surface area contributed by atoms with Crippen LogP contribution in [0.15, 0.2) is 48.5 Å². The van der Waals surface area contributed by atoms with Gasteiger partial charge in [0.05, 0.1) is 0 Å². The van der Waals surface area contributed by atoms with Gasteiger partial charge >= 0.3 is 0 Å². The number of hydrogen-bond donors (Lipinski definition) is 1. The van der Waals surface area contributed by atoms with E-state index in [0.29, 0.717) is 17.0 Å². The highest BCUT2D eigenvalue weighted by molar-refractivity contribution is 6.04. The Hall–Kier alpha value is -2.80. The van der Waals surface area contributed by atoms with Crippen molar-refractivity contribution in [1.29, 1.82) is 0 Å². The van der Waals surface area contributed by atoms with Crippen molar-refractivity contribution in [1.82, 2.24) is 0 Å². The number of anilines is 1. The standard InChI is InChI=1S/C16H12FNO2/c1-2-11-20-15-9-3-12(4-10-15)16(19)18-14-7-5-13(17)6-8-14/h1,3-10H,11H2,(H,18,19). The Bertz CT molecular complexity index is 627. The van der Waals surface area contributed by atoms with E-state index in [1.807, 2.05) is 0 Å². The minimum atomic E-state index is -0.349. The fraction of sp³-hybridized carbons (Fsp3) is 0.0625. The zero-order valence-electron chi connectivity index (χ0n) is 10.6. The summed E-state index contributed by atoms with van der Waals surface area (Å²) >= 11 is 0. The van der Waals surface area contributed by atoms with E-state index in [4.69, 9.17) is 11.2 Å². The Labute approximate surface area is 116 Å². The average Bonchev–Trinajstić information content (AvgIpc) is 2.48. The van der Waals surface area contributed by atoms with E-state index in [0.717, 1.165) is 0 Å². The third kappa shape index (κ3) is 3.59. The molecule has 2 aromatic rings. The minimum Gasteiger partial charge on any atom is -0.481 e. The van der Waals surface area contributed by atoms with E-state index in [2.05, 4.69) is 11.2 Å². The largest absolute Gasteiger partial charge is 0.481 e. The van der Waals surface area contributed by atoms with Crippen LogP contribution in [0.2, 0.25) is 0 Å². The summed E-state index contributed by atoms with van der Waals surface area (Å²) in [4.78, 5) is 11.9. The molecule has 4 heteroatoms. The molecule has 0 aliphatic rings. The van der Waals surface area contributed by atoms with Crippen molar-refractivity contribution < 1.29 is 13.9 Å². The van der Waals surface area contributed by atoms with Gasteiger partial charge in [-0.3, -0.25) is 4.79 Å². The van der Waals surface area contributed by atoms with Crippen molar-refractivity contribution in [2.75, 3.05) is 11.9 Å². The fourth-order valence-corrected chi connectivity index (χ4v) is 1.56. The summed E-state index contributed by atoms with van der Waals surface area (Å²) in [7, 11) is 0. The second-order valence-electron chi connectivity index (χ2n) is 3.98. The Morgan fingerprint density at radius 3 is 2.40 bits per heavy atom. The summed E-state index contributed by atoms with van der Waals surface area (Å²) in [5.41, 5.74) is 1.01. The molecule has 0 aliphatic heterocycles. The summed E-state index contributed by atoms with van der Waals surface area (Å²) in [6.45, 7) is 0.182. The maximum Gasteiger partial charge on any atom is 0.255 e. The number of carbonyl (C=O) groups excluding carboxylic acids is 1. The van der Waals surface area contributed by atoms with Gasteiger partial charge in [0.1, 0.15) is 18.2 Å². The number of hydrogen-bond acceptors (Lipinski definition) is 2. The van der Waals surface area contributed by atoms with Crippen LogP contribution < -0.4 is 10.1 Å². The van der Waals surface area contributed by atoms with E-state index in [9.17, 15) is 9.18 Å². The van der Waals surface area contributed by atoms with Gasteiger partial charge in [-0.15, -0.1) is 6.42 Å². The van der Waals surface area contributed by atoms with Crippen molar-refractivity contribution in [3.63, 3.8) is 0 Å². The lowest BCUT2D eigenvalue weighted by Gasteiger charge is -2.06. The molecule has 3 nitrogen and oxygen atoms in total. The van der Waals surface area contributed by atoms with Gasteiger partial charge in [-0.25, -0.2) is 4.39 Å². The highest BCUT2D eigenvalue weighted by Gasteiger charge is 2.06. The van der Waals surface area contributed by atoms with E-state index in [1.165, 1.54) is 24.3 Å². The zero-order valence-corrected chi connectivity index (χ0v) is 10.6. The predicted octanol–water partition coefficient (Wildman–Crippen LogP) is 3.09. The Balaban J connectivity index is 2.02. The number of ether oxygens (including phenoxy) is 1. The molecule has 0 heterocycles. The molecule has 100 valence electrons. The molecule has 2 rings (SSSR count). The quantitative estimate of drug-likeness (QED) is 0.866. The Morgan fingerprint density at radius 1 is 1.15 bits per heavy atom. The van der Waals surface area contributed by atoms with Crippen molar-refractivity contribution in [2.24, 2.45) is 0 Å². The lowest BCUT2D eigenvalue weighted by Crippen LogP contribution is -2.11. The topological polar surface area (TPSA) is 38.3 Å². The SMILES string of the molecule is C#CCOc1ccc(C(=O)Nc2ccc(F)cc2)cc1. The normalized spacial score (nSPS) is 9.60. The molecule has 0 unspecified atom stereocenters. The van der Waals surface area contributed by atoms with Gasteiger partial charge < -0.3 is 10.1 Å². The van der Waals surface area contributed by atoms with Crippen LogP contribution in [0.1, 0.15) is 10.4 Å². The molecular weight excluding hydrogens is 257 g/mol. The predicted molar refractivity (Wildman–Crippen MR) is 75.1 cm³/mol. The molecule has 0 saturated heterocycles. The smallest absolute Gasteiger partial charge is 0.255 e. The summed E-state index contributed by atoms with van der Waals surface area (Å²) in [6, 6.07) is 12.2. The molecule has 0 spiro atoms. The number of halogens is 1. The second-order valence-corrected chi connectivity index (χ2v) is 3.98. The minimum absolute atomic E-state index is 0.182. The van der Waals surface area contributed by atoms with Gasteiger partial charge in [0, 0.05) is 11.3 Å². The molecular formula is C16H12FNO2. The summed E-state index contributed by atoms with van der Waals surface area (Å²) in [5.74, 6) is 2.33. The molecule has 0 atom stereocenters. The van der Waals surface area contributed by atoms with Crippen LogP contribution >= 0.6 is 0 Å². The van der Waals surface area contributed by atoms with Crippen LogP contribution in [-0.4, -0.2) is 12.5 Å². The van der Waals surface area contributed by atoms with Crippen molar-refractivity contribution in [3.8, 4) is 18.1 Å². The van der Waals surface area contributed by atoms with Crippen LogP contribution in [-0.2, 0) is 0 Å². The lowest BCUT2D eigenvalue weighted by atomic mass is 10.2. The molecule has 2 aromatic carbocycles. The molecule has 1 N–H and O–H groups in total. The monoisotopic (exact) mass is 269 g/mol. The Morgan fingerprint density at radius 2 is 1.80 bits per heavy atom. The lowest BCUT2D eigenvalue weighted by molar-refractivity contribution is 0.102. The van der Waals surface area contributed by atoms with Crippen molar-refractivity contribution in [3.05, 3.63) is 59.9 Å². The van der Waals surface area contributed by atoms with Crippen molar-refractivity contribution >= 4 is 11.6 Å².